The van der Waals surface area contributed by atoms with Crippen molar-refractivity contribution < 1.29 is 0 Å². The SMILES string of the molecule is CCCC(C)(CCl)Cc1ccn(C2CCCCC2)n1. The first-order valence-electron chi connectivity index (χ1n) is 7.77. The minimum atomic E-state index is 0.196. The number of hydrogen-bond donors (Lipinski definition) is 0. The number of halogens is 1. The Morgan fingerprint density at radius 1 is 1.37 bits per heavy atom. The first kappa shape index (κ1) is 14.9. The van der Waals surface area contributed by atoms with Gasteiger partial charge in [-0.2, -0.15) is 5.10 Å². The van der Waals surface area contributed by atoms with Gasteiger partial charge < -0.3 is 0 Å². The molecule has 1 aromatic heterocycles. The molecule has 1 unspecified atom stereocenters. The molecule has 0 aromatic carbocycles. The molecule has 0 radical (unpaired) electrons. The molecule has 0 spiro atoms. The first-order valence-corrected chi connectivity index (χ1v) is 8.30. The Bertz CT molecular complexity index is 382. The number of rotatable bonds is 6. The molecule has 0 N–H and O–H groups in total. The highest BCUT2D eigenvalue weighted by molar-refractivity contribution is 6.18. The van der Waals surface area contributed by atoms with Crippen molar-refractivity contribution in [1.29, 1.82) is 0 Å². The van der Waals surface area contributed by atoms with E-state index in [-0.39, 0.29) is 5.41 Å². The van der Waals surface area contributed by atoms with E-state index in [2.05, 4.69) is 30.8 Å². The van der Waals surface area contributed by atoms with Gasteiger partial charge in [0, 0.05) is 12.1 Å². The zero-order valence-electron chi connectivity index (χ0n) is 12.4. The minimum absolute atomic E-state index is 0.196. The third-order valence-corrected chi connectivity index (χ3v) is 5.04. The standard InChI is InChI=1S/C16H27ClN2/c1-3-10-16(2,13-17)12-14-9-11-19(18-14)15-7-5-4-6-8-15/h9,11,15H,3-8,10,12-13H2,1-2H3. The van der Waals surface area contributed by atoms with Crippen LogP contribution >= 0.6 is 11.6 Å². The molecule has 0 amide bonds. The summed E-state index contributed by atoms with van der Waals surface area (Å²) in [5.74, 6) is 0.719. The van der Waals surface area contributed by atoms with Crippen molar-refractivity contribution in [2.24, 2.45) is 5.41 Å². The van der Waals surface area contributed by atoms with Gasteiger partial charge >= 0.3 is 0 Å². The maximum Gasteiger partial charge on any atom is 0.0630 e. The first-order chi connectivity index (χ1) is 9.17. The molecule has 1 aliphatic carbocycles. The fraction of sp³-hybridized carbons (Fsp3) is 0.812. The molecule has 1 atom stereocenters. The summed E-state index contributed by atoms with van der Waals surface area (Å²) in [6.45, 7) is 4.51. The maximum atomic E-state index is 6.16. The summed E-state index contributed by atoms with van der Waals surface area (Å²) in [4.78, 5) is 0. The number of alkyl halides is 1. The third-order valence-electron chi connectivity index (χ3n) is 4.40. The smallest absolute Gasteiger partial charge is 0.0630 e. The zero-order chi connectivity index (χ0) is 13.7. The van der Waals surface area contributed by atoms with E-state index in [9.17, 15) is 0 Å². The van der Waals surface area contributed by atoms with Crippen molar-refractivity contribution in [3.8, 4) is 0 Å². The molecule has 0 bridgehead atoms. The largest absolute Gasteiger partial charge is 0.269 e. The van der Waals surface area contributed by atoms with E-state index in [0.717, 1.165) is 12.3 Å². The van der Waals surface area contributed by atoms with Crippen LogP contribution in [0, 0.1) is 5.41 Å². The summed E-state index contributed by atoms with van der Waals surface area (Å²) in [6.07, 6.45) is 12.2. The highest BCUT2D eigenvalue weighted by Gasteiger charge is 2.24. The summed E-state index contributed by atoms with van der Waals surface area (Å²) in [6, 6.07) is 2.82. The molecule has 19 heavy (non-hydrogen) atoms. The van der Waals surface area contributed by atoms with Crippen LogP contribution in [0.5, 0.6) is 0 Å². The topological polar surface area (TPSA) is 17.8 Å². The van der Waals surface area contributed by atoms with Crippen LogP contribution in [0.2, 0.25) is 0 Å². The Labute approximate surface area is 122 Å². The molecule has 1 heterocycles. The van der Waals surface area contributed by atoms with Gasteiger partial charge in [-0.15, -0.1) is 11.6 Å². The quantitative estimate of drug-likeness (QED) is 0.673. The lowest BCUT2D eigenvalue weighted by molar-refractivity contribution is 0.313. The third kappa shape index (κ3) is 3.98. The van der Waals surface area contributed by atoms with Crippen molar-refractivity contribution in [2.45, 2.75) is 71.3 Å². The number of nitrogens with zero attached hydrogens (tertiary/aromatic N) is 2. The molecule has 1 aliphatic rings. The average Bonchev–Trinajstić information content (AvgIpc) is 2.88. The van der Waals surface area contributed by atoms with Crippen molar-refractivity contribution >= 4 is 11.6 Å². The van der Waals surface area contributed by atoms with Crippen LogP contribution in [0.3, 0.4) is 0 Å². The van der Waals surface area contributed by atoms with E-state index in [1.807, 2.05) is 0 Å². The highest BCUT2D eigenvalue weighted by atomic mass is 35.5. The number of hydrogen-bond acceptors (Lipinski definition) is 1. The average molecular weight is 283 g/mol. The van der Waals surface area contributed by atoms with Gasteiger partial charge in [0.25, 0.3) is 0 Å². The van der Waals surface area contributed by atoms with Gasteiger partial charge in [-0.05, 0) is 37.2 Å². The lowest BCUT2D eigenvalue weighted by Crippen LogP contribution is -2.22. The van der Waals surface area contributed by atoms with E-state index >= 15 is 0 Å². The Morgan fingerprint density at radius 2 is 2.11 bits per heavy atom. The summed E-state index contributed by atoms with van der Waals surface area (Å²) >= 11 is 6.16. The normalized spacial score (nSPS) is 20.4. The van der Waals surface area contributed by atoms with Crippen molar-refractivity contribution in [3.63, 3.8) is 0 Å². The van der Waals surface area contributed by atoms with Crippen LogP contribution in [0.25, 0.3) is 0 Å². The second-order valence-electron chi connectivity index (χ2n) is 6.45. The van der Waals surface area contributed by atoms with Crippen molar-refractivity contribution in [1.82, 2.24) is 9.78 Å². The predicted molar refractivity (Wildman–Crippen MR) is 81.8 cm³/mol. The second kappa shape index (κ2) is 6.78. The summed E-state index contributed by atoms with van der Waals surface area (Å²) < 4.78 is 2.20. The molecule has 3 heteroatoms. The van der Waals surface area contributed by atoms with Gasteiger partial charge in [-0.3, -0.25) is 4.68 Å². The molecule has 1 fully saturated rings. The molecular formula is C16H27ClN2. The van der Waals surface area contributed by atoms with Crippen LogP contribution in [0.1, 0.15) is 70.5 Å². The lowest BCUT2D eigenvalue weighted by Gasteiger charge is -2.26. The van der Waals surface area contributed by atoms with E-state index < -0.39 is 0 Å². The van der Waals surface area contributed by atoms with Gasteiger partial charge in [-0.1, -0.05) is 39.5 Å². The molecule has 0 aliphatic heterocycles. The fourth-order valence-corrected chi connectivity index (χ4v) is 3.49. The molecule has 0 saturated heterocycles. The lowest BCUT2D eigenvalue weighted by atomic mass is 9.83. The van der Waals surface area contributed by atoms with Crippen LogP contribution in [0.15, 0.2) is 12.3 Å². The van der Waals surface area contributed by atoms with Crippen LogP contribution < -0.4 is 0 Å². The Hall–Kier alpha value is -0.500. The Kier molecular flexibility index (Phi) is 5.32. The van der Waals surface area contributed by atoms with Gasteiger partial charge in [0.05, 0.1) is 11.7 Å². The zero-order valence-corrected chi connectivity index (χ0v) is 13.1. The van der Waals surface area contributed by atoms with Crippen molar-refractivity contribution in [3.05, 3.63) is 18.0 Å². The van der Waals surface area contributed by atoms with E-state index in [0.29, 0.717) is 6.04 Å². The Balaban J connectivity index is 1.99. The molecule has 1 saturated carbocycles. The summed E-state index contributed by atoms with van der Waals surface area (Å²) in [5, 5.41) is 4.81. The fourth-order valence-electron chi connectivity index (χ4n) is 3.26. The van der Waals surface area contributed by atoms with Crippen LogP contribution in [0.4, 0.5) is 0 Å². The van der Waals surface area contributed by atoms with E-state index in [1.165, 1.54) is 50.6 Å². The van der Waals surface area contributed by atoms with Gasteiger partial charge in [0.15, 0.2) is 0 Å². The van der Waals surface area contributed by atoms with Crippen LogP contribution in [-0.4, -0.2) is 15.7 Å². The van der Waals surface area contributed by atoms with Gasteiger partial charge in [-0.25, -0.2) is 0 Å². The minimum Gasteiger partial charge on any atom is -0.269 e. The summed E-state index contributed by atoms with van der Waals surface area (Å²) in [7, 11) is 0. The number of aromatic nitrogens is 2. The monoisotopic (exact) mass is 282 g/mol. The van der Waals surface area contributed by atoms with E-state index in [4.69, 9.17) is 16.7 Å². The second-order valence-corrected chi connectivity index (χ2v) is 6.72. The molecule has 108 valence electrons. The summed E-state index contributed by atoms with van der Waals surface area (Å²) in [5.41, 5.74) is 1.41. The molecule has 2 rings (SSSR count). The highest BCUT2D eigenvalue weighted by Crippen LogP contribution is 2.31. The van der Waals surface area contributed by atoms with Gasteiger partial charge in [0.2, 0.25) is 0 Å². The Morgan fingerprint density at radius 3 is 2.74 bits per heavy atom. The van der Waals surface area contributed by atoms with Crippen LogP contribution in [-0.2, 0) is 6.42 Å². The predicted octanol–water partition coefficient (Wildman–Crippen LogP) is 4.98. The van der Waals surface area contributed by atoms with Crippen molar-refractivity contribution in [2.75, 3.05) is 5.88 Å². The maximum absolute atomic E-state index is 6.16. The molecule has 1 aromatic rings. The molecular weight excluding hydrogens is 256 g/mol. The van der Waals surface area contributed by atoms with E-state index in [1.54, 1.807) is 0 Å². The molecule has 2 nitrogen and oxygen atoms in total. The van der Waals surface area contributed by atoms with Gasteiger partial charge in [0.1, 0.15) is 0 Å².